The Bertz CT molecular complexity index is 1520. The lowest BCUT2D eigenvalue weighted by Crippen LogP contribution is -2.41. The van der Waals surface area contributed by atoms with Crippen LogP contribution in [0.1, 0.15) is 30.9 Å². The fourth-order valence-corrected chi connectivity index (χ4v) is 6.63. The summed E-state index contributed by atoms with van der Waals surface area (Å²) in [6.07, 6.45) is 0.696. The van der Waals surface area contributed by atoms with E-state index in [0.29, 0.717) is 30.0 Å². The molecule has 12 heteroatoms. The van der Waals surface area contributed by atoms with Crippen molar-refractivity contribution in [3.63, 3.8) is 0 Å². The summed E-state index contributed by atoms with van der Waals surface area (Å²) in [5.41, 5.74) is 3.27. The number of benzene rings is 2. The highest BCUT2D eigenvalue weighted by Crippen LogP contribution is 2.47. The van der Waals surface area contributed by atoms with Gasteiger partial charge in [0.15, 0.2) is 9.84 Å². The number of halogens is 3. The molecule has 8 nitrogen and oxygen atoms in total. The first-order chi connectivity index (χ1) is 19.0. The first kappa shape index (κ1) is 27.7. The van der Waals surface area contributed by atoms with Crippen LogP contribution in [0, 0.1) is 23.1 Å². The van der Waals surface area contributed by atoms with Gasteiger partial charge < -0.3 is 10.2 Å². The Kier molecular flexibility index (Phi) is 7.59. The van der Waals surface area contributed by atoms with Gasteiger partial charge in [-0.15, -0.1) is 0 Å². The Morgan fingerprint density at radius 3 is 2.38 bits per heavy atom. The topological polar surface area (TPSA) is 108 Å². The minimum atomic E-state index is -3.03. The molecule has 2 aliphatic rings. The summed E-state index contributed by atoms with van der Waals surface area (Å²) in [5.74, 6) is -5.61. The van der Waals surface area contributed by atoms with Gasteiger partial charge in [-0.25, -0.2) is 26.3 Å². The van der Waals surface area contributed by atoms with Gasteiger partial charge in [0.25, 0.3) is 0 Å². The molecule has 0 unspecified atom stereocenters. The zero-order valence-corrected chi connectivity index (χ0v) is 22.4. The summed E-state index contributed by atoms with van der Waals surface area (Å²) >= 11 is 0. The summed E-state index contributed by atoms with van der Waals surface area (Å²) in [6.45, 7) is 0.500. The van der Waals surface area contributed by atoms with Gasteiger partial charge in [0.05, 0.1) is 34.9 Å². The van der Waals surface area contributed by atoms with E-state index >= 15 is 0 Å². The van der Waals surface area contributed by atoms with Gasteiger partial charge in [0.1, 0.15) is 12.4 Å². The molecule has 2 fully saturated rings. The van der Waals surface area contributed by atoms with Crippen LogP contribution in [0.25, 0.3) is 16.8 Å². The highest BCUT2D eigenvalue weighted by Gasteiger charge is 2.46. The smallest absolute Gasteiger partial charge is 0.249 e. The number of carbonyl (C=O) groups is 1. The Balaban J connectivity index is 1.53. The Hall–Kier alpha value is -3.85. The van der Waals surface area contributed by atoms with E-state index in [9.17, 15) is 26.4 Å². The van der Waals surface area contributed by atoms with Crippen LogP contribution in [0.5, 0.6) is 0 Å². The van der Waals surface area contributed by atoms with Gasteiger partial charge >= 0.3 is 0 Å². The van der Waals surface area contributed by atoms with Crippen molar-refractivity contribution in [2.45, 2.75) is 31.1 Å². The molecule has 5 rings (SSSR count). The lowest BCUT2D eigenvalue weighted by molar-refractivity contribution is -0.133. The molecule has 2 heterocycles. The fraction of sp³-hybridized carbons (Fsp3) is 0.393. The van der Waals surface area contributed by atoms with Crippen LogP contribution in [0.15, 0.2) is 54.7 Å². The monoisotopic (exact) mass is 571 g/mol. The van der Waals surface area contributed by atoms with Crippen molar-refractivity contribution < 1.29 is 26.4 Å². The molecule has 210 valence electrons. The minimum Gasteiger partial charge on any atom is -0.369 e. The molecule has 0 radical (unpaired) electrons. The third-order valence-corrected chi connectivity index (χ3v) is 9.19. The predicted molar refractivity (Wildman–Crippen MR) is 143 cm³/mol. The standard InChI is InChI=1S/C28H28F3N5O3S/c29-20-3-7-22(8-4-20)36-18-25(19-1-5-21(6-2-19)35-13-15-40(38,39)16-14-35)26(34-36)23-9-10-28(30,31)17-24(23)27(37)33-12-11-32/h1-8,18,23-24H,9-10,12-17H2,(H,33,37)/t23-,24-/m0/s1. The average molecular weight is 572 g/mol. The molecule has 3 aromatic rings. The van der Waals surface area contributed by atoms with E-state index in [2.05, 4.69) is 5.32 Å². The molecule has 0 spiro atoms. The van der Waals surface area contributed by atoms with Gasteiger partial charge in [-0.05, 0) is 48.4 Å². The van der Waals surface area contributed by atoms with Crippen LogP contribution < -0.4 is 10.2 Å². The maximum absolute atomic E-state index is 14.5. The lowest BCUT2D eigenvalue weighted by Gasteiger charge is -2.34. The van der Waals surface area contributed by atoms with Crippen molar-refractivity contribution in [2.75, 3.05) is 36.0 Å². The highest BCUT2D eigenvalue weighted by molar-refractivity contribution is 7.91. The first-order valence-corrected chi connectivity index (χ1v) is 14.8. The number of rotatable bonds is 6. The SMILES string of the molecule is N#CCNC(=O)[C@H]1CC(F)(F)CC[C@@H]1c1nn(-c2ccc(F)cc2)cc1-c1ccc(N2CCS(=O)(=O)CC2)cc1. The van der Waals surface area contributed by atoms with E-state index in [1.807, 2.05) is 35.2 Å². The van der Waals surface area contributed by atoms with E-state index in [1.54, 1.807) is 23.0 Å². The predicted octanol–water partition coefficient (Wildman–Crippen LogP) is 4.07. The molecular weight excluding hydrogens is 543 g/mol. The molecule has 2 aromatic carbocycles. The molecule has 1 saturated carbocycles. The number of hydrogen-bond donors (Lipinski definition) is 1. The molecule has 0 bridgehead atoms. The summed E-state index contributed by atoms with van der Waals surface area (Å²) in [6, 6.07) is 15.0. The quantitative estimate of drug-likeness (QED) is 0.447. The van der Waals surface area contributed by atoms with Crippen LogP contribution in [-0.2, 0) is 14.6 Å². The number of nitriles is 1. The second-order valence-corrected chi connectivity index (χ2v) is 12.5. The van der Waals surface area contributed by atoms with Crippen LogP contribution in [0.3, 0.4) is 0 Å². The summed E-state index contributed by atoms with van der Waals surface area (Å²) < 4.78 is 67.7. The van der Waals surface area contributed by atoms with Crippen molar-refractivity contribution in [1.29, 1.82) is 5.26 Å². The van der Waals surface area contributed by atoms with Crippen molar-refractivity contribution in [3.05, 3.63) is 66.2 Å². The molecule has 1 saturated heterocycles. The fourth-order valence-electron chi connectivity index (χ4n) is 5.43. The normalized spacial score (nSPS) is 21.9. The molecule has 1 N–H and O–H groups in total. The number of anilines is 1. The minimum absolute atomic E-state index is 0.0193. The van der Waals surface area contributed by atoms with Crippen molar-refractivity contribution in [1.82, 2.24) is 15.1 Å². The van der Waals surface area contributed by atoms with Gasteiger partial charge in [0.2, 0.25) is 11.8 Å². The third-order valence-electron chi connectivity index (χ3n) is 7.58. The molecule has 1 aromatic heterocycles. The Morgan fingerprint density at radius 2 is 1.73 bits per heavy atom. The number of amides is 1. The van der Waals surface area contributed by atoms with Gasteiger partial charge in [-0.1, -0.05) is 12.1 Å². The highest BCUT2D eigenvalue weighted by atomic mass is 32.2. The van der Waals surface area contributed by atoms with E-state index < -0.39 is 52.2 Å². The molecule has 1 aliphatic heterocycles. The van der Waals surface area contributed by atoms with Crippen LogP contribution >= 0.6 is 0 Å². The van der Waals surface area contributed by atoms with Crippen molar-refractivity contribution in [3.8, 4) is 22.9 Å². The molecule has 2 atom stereocenters. The zero-order chi connectivity index (χ0) is 28.5. The number of aromatic nitrogens is 2. The maximum atomic E-state index is 14.5. The molecule has 1 amide bonds. The van der Waals surface area contributed by atoms with Crippen LogP contribution in [-0.4, -0.2) is 61.2 Å². The number of alkyl halides is 2. The van der Waals surface area contributed by atoms with E-state index in [0.717, 1.165) is 11.3 Å². The van der Waals surface area contributed by atoms with E-state index in [1.165, 1.54) is 12.1 Å². The Morgan fingerprint density at radius 1 is 1.07 bits per heavy atom. The summed E-state index contributed by atoms with van der Waals surface area (Å²) in [4.78, 5) is 14.9. The zero-order valence-electron chi connectivity index (χ0n) is 21.6. The van der Waals surface area contributed by atoms with Gasteiger partial charge in [-0.2, -0.15) is 10.4 Å². The van der Waals surface area contributed by atoms with Gasteiger partial charge in [-0.3, -0.25) is 4.79 Å². The maximum Gasteiger partial charge on any atom is 0.249 e. The number of nitrogens with zero attached hydrogens (tertiary/aromatic N) is 4. The molecule has 40 heavy (non-hydrogen) atoms. The Labute approximate surface area is 230 Å². The lowest BCUT2D eigenvalue weighted by atomic mass is 9.74. The van der Waals surface area contributed by atoms with Crippen LogP contribution in [0.2, 0.25) is 0 Å². The average Bonchev–Trinajstić information content (AvgIpc) is 3.37. The van der Waals surface area contributed by atoms with Crippen molar-refractivity contribution >= 4 is 21.4 Å². The second kappa shape index (κ2) is 11.0. The van der Waals surface area contributed by atoms with Crippen LogP contribution in [0.4, 0.5) is 18.9 Å². The largest absolute Gasteiger partial charge is 0.369 e. The van der Waals surface area contributed by atoms with Crippen molar-refractivity contribution in [2.24, 2.45) is 5.92 Å². The number of hydrogen-bond acceptors (Lipinski definition) is 6. The number of nitrogens with one attached hydrogen (secondary N) is 1. The number of carbonyl (C=O) groups excluding carboxylic acids is 1. The molecule has 1 aliphatic carbocycles. The summed E-state index contributed by atoms with van der Waals surface area (Å²) in [5, 5.41) is 16.1. The summed E-state index contributed by atoms with van der Waals surface area (Å²) in [7, 11) is -3.03. The van der Waals surface area contributed by atoms with E-state index in [-0.39, 0.29) is 24.5 Å². The van der Waals surface area contributed by atoms with Gasteiger partial charge in [0, 0.05) is 49.3 Å². The van der Waals surface area contributed by atoms with E-state index in [4.69, 9.17) is 10.4 Å². The second-order valence-electron chi connectivity index (χ2n) is 10.2. The third kappa shape index (κ3) is 5.99. The number of sulfone groups is 1. The molecular formula is C28H28F3N5O3S. The first-order valence-electron chi connectivity index (χ1n) is 13.0.